The lowest BCUT2D eigenvalue weighted by molar-refractivity contribution is -0.245. The molecule has 4 aliphatic rings. The molecule has 184 valence electrons. The average molecular weight is 445 g/mol. The molecule has 4 aliphatic carbocycles. The molecule has 4 saturated carbocycles. The van der Waals surface area contributed by atoms with Gasteiger partial charge in [-0.05, 0) is 128 Å². The first-order chi connectivity index (χ1) is 14.8. The highest BCUT2D eigenvalue weighted by Gasteiger charge is 2.71. The van der Waals surface area contributed by atoms with E-state index in [1.165, 1.54) is 38.5 Å². The minimum atomic E-state index is -0.774. The minimum Gasteiger partial charge on any atom is -0.396 e. The van der Waals surface area contributed by atoms with Crippen LogP contribution >= 0.6 is 0 Å². The molecule has 0 heterocycles. The zero-order chi connectivity index (χ0) is 23.7. The van der Waals surface area contributed by atoms with Crippen LogP contribution in [0, 0.1) is 51.2 Å². The Kier molecular flexibility index (Phi) is 6.07. The molecule has 2 heteroatoms. The first-order valence-electron chi connectivity index (χ1n) is 13.8. The maximum Gasteiger partial charge on any atom is 0.0884 e. The van der Waals surface area contributed by atoms with Crippen LogP contribution in [0.3, 0.4) is 0 Å². The fourth-order valence-electron chi connectivity index (χ4n) is 11.0. The van der Waals surface area contributed by atoms with Gasteiger partial charge in [0.25, 0.3) is 0 Å². The molecule has 0 bridgehead atoms. The molecular formula is C30H52O2. The fraction of sp³-hybridized carbons (Fsp3) is 0.933. The summed E-state index contributed by atoms with van der Waals surface area (Å²) in [5.74, 6) is 3.36. The molecule has 0 spiro atoms. The lowest BCUT2D eigenvalue weighted by Gasteiger charge is -2.72. The van der Waals surface area contributed by atoms with Gasteiger partial charge in [0.05, 0.1) is 5.60 Å². The van der Waals surface area contributed by atoms with Gasteiger partial charge in [-0.2, -0.15) is 0 Å². The highest BCUT2D eigenvalue weighted by molar-refractivity contribution is 5.24. The van der Waals surface area contributed by atoms with Crippen LogP contribution in [-0.2, 0) is 0 Å². The monoisotopic (exact) mass is 444 g/mol. The summed E-state index contributed by atoms with van der Waals surface area (Å²) in [6, 6.07) is 0. The summed E-state index contributed by atoms with van der Waals surface area (Å²) in [5.41, 5.74) is 1.52. The van der Waals surface area contributed by atoms with Gasteiger partial charge in [0, 0.05) is 6.61 Å². The lowest BCUT2D eigenvalue weighted by atomic mass is 9.33. The van der Waals surface area contributed by atoms with Crippen molar-refractivity contribution in [3.8, 4) is 0 Å². The number of rotatable bonds is 5. The van der Waals surface area contributed by atoms with E-state index < -0.39 is 5.60 Å². The summed E-state index contributed by atoms with van der Waals surface area (Å²) in [6.45, 7) is 21.9. The van der Waals surface area contributed by atoms with Gasteiger partial charge in [0.15, 0.2) is 0 Å². The van der Waals surface area contributed by atoms with E-state index in [2.05, 4.69) is 48.1 Å². The van der Waals surface area contributed by atoms with E-state index in [1.807, 2.05) is 6.92 Å². The molecule has 2 N–H and O–H groups in total. The van der Waals surface area contributed by atoms with Crippen LogP contribution < -0.4 is 0 Å². The normalized spacial score (nSPS) is 52.9. The van der Waals surface area contributed by atoms with E-state index >= 15 is 0 Å². The summed E-state index contributed by atoms with van der Waals surface area (Å²) in [4.78, 5) is 0. The molecule has 0 radical (unpaired) electrons. The first-order valence-corrected chi connectivity index (χ1v) is 13.8. The summed E-state index contributed by atoms with van der Waals surface area (Å²) in [6.07, 6.45) is 11.7. The maximum absolute atomic E-state index is 11.9. The molecule has 0 saturated heterocycles. The van der Waals surface area contributed by atoms with Crippen LogP contribution in [0.4, 0.5) is 0 Å². The van der Waals surface area contributed by atoms with E-state index in [0.29, 0.717) is 22.2 Å². The van der Waals surface area contributed by atoms with E-state index in [-0.39, 0.29) is 17.9 Å². The van der Waals surface area contributed by atoms with Crippen molar-refractivity contribution in [2.24, 2.45) is 51.2 Å². The average Bonchev–Trinajstić information content (AvgIpc) is 3.08. The van der Waals surface area contributed by atoms with E-state index in [0.717, 1.165) is 49.0 Å². The van der Waals surface area contributed by atoms with Crippen molar-refractivity contribution in [1.82, 2.24) is 0 Å². The third-order valence-corrected chi connectivity index (χ3v) is 12.8. The summed E-state index contributed by atoms with van der Waals surface area (Å²) in [7, 11) is 0. The standard InChI is InChI=1S/C30H52O2/c1-20(2)22-11-12-23-26(22,5)15-17-29(8)24-13-14-30(32,21(3)4)25(10-9-19-31)27(24,6)16-18-28(23,29)7/h20,22-25,31-32H,3,9-19H2,1-2,4-8H3/t22-,23-,24+,25+,26-,27-,28+,29-,30+/m1/s1. The second kappa shape index (κ2) is 7.84. The number of hydrogen-bond acceptors (Lipinski definition) is 2. The molecule has 0 unspecified atom stereocenters. The minimum absolute atomic E-state index is 0.124. The SMILES string of the molecule is C=C(C)[C@@]1(O)CC[C@H]2[C@@](C)(CC[C@@]3(C)[C@@H]4CC[C@H](C(C)C)[C@@]4(C)CC[C@]23C)[C@@H]1CCCO. The fourth-order valence-corrected chi connectivity index (χ4v) is 11.0. The molecule has 0 aromatic heterocycles. The molecule has 0 aromatic rings. The van der Waals surface area contributed by atoms with Gasteiger partial charge in [-0.3, -0.25) is 0 Å². The van der Waals surface area contributed by atoms with Gasteiger partial charge in [0.1, 0.15) is 0 Å². The Balaban J connectivity index is 1.74. The topological polar surface area (TPSA) is 40.5 Å². The zero-order valence-electron chi connectivity index (χ0n) is 22.3. The van der Waals surface area contributed by atoms with Crippen LogP contribution in [0.15, 0.2) is 12.2 Å². The molecular weight excluding hydrogens is 392 g/mol. The predicted octanol–water partition coefficient (Wildman–Crippen LogP) is 7.39. The van der Waals surface area contributed by atoms with Crippen LogP contribution in [-0.4, -0.2) is 22.4 Å². The van der Waals surface area contributed by atoms with Crippen molar-refractivity contribution >= 4 is 0 Å². The van der Waals surface area contributed by atoms with Crippen molar-refractivity contribution in [1.29, 1.82) is 0 Å². The molecule has 2 nitrogen and oxygen atoms in total. The summed E-state index contributed by atoms with van der Waals surface area (Å²) < 4.78 is 0. The van der Waals surface area contributed by atoms with Crippen molar-refractivity contribution in [2.45, 2.75) is 118 Å². The van der Waals surface area contributed by atoms with Gasteiger partial charge < -0.3 is 10.2 Å². The number of fused-ring (bicyclic) bond motifs is 5. The third kappa shape index (κ3) is 3.03. The zero-order valence-corrected chi connectivity index (χ0v) is 22.3. The highest BCUT2D eigenvalue weighted by Crippen LogP contribution is 2.77. The molecule has 0 aromatic carbocycles. The Bertz CT molecular complexity index is 743. The smallest absolute Gasteiger partial charge is 0.0884 e. The third-order valence-electron chi connectivity index (χ3n) is 12.8. The van der Waals surface area contributed by atoms with Crippen molar-refractivity contribution in [3.63, 3.8) is 0 Å². The molecule has 0 aliphatic heterocycles. The number of aliphatic hydroxyl groups is 2. The van der Waals surface area contributed by atoms with Crippen molar-refractivity contribution in [3.05, 3.63) is 12.2 Å². The van der Waals surface area contributed by atoms with Crippen molar-refractivity contribution < 1.29 is 10.2 Å². The first kappa shape index (κ1) is 24.8. The predicted molar refractivity (Wildman–Crippen MR) is 134 cm³/mol. The quantitative estimate of drug-likeness (QED) is 0.434. The summed E-state index contributed by atoms with van der Waals surface area (Å²) in [5, 5.41) is 21.6. The van der Waals surface area contributed by atoms with E-state index in [4.69, 9.17) is 0 Å². The van der Waals surface area contributed by atoms with Crippen LogP contribution in [0.2, 0.25) is 0 Å². The van der Waals surface area contributed by atoms with Crippen LogP contribution in [0.1, 0.15) is 113 Å². The Hall–Kier alpha value is -0.340. The lowest BCUT2D eigenvalue weighted by Crippen LogP contribution is -2.67. The van der Waals surface area contributed by atoms with Gasteiger partial charge in [-0.15, -0.1) is 0 Å². The highest BCUT2D eigenvalue weighted by atomic mass is 16.3. The molecule has 0 amide bonds. The van der Waals surface area contributed by atoms with E-state index in [9.17, 15) is 10.2 Å². The van der Waals surface area contributed by atoms with Crippen LogP contribution in [0.25, 0.3) is 0 Å². The molecule has 9 atom stereocenters. The number of aliphatic hydroxyl groups excluding tert-OH is 1. The molecule has 4 rings (SSSR count). The Morgan fingerprint density at radius 1 is 0.875 bits per heavy atom. The van der Waals surface area contributed by atoms with Crippen LogP contribution in [0.5, 0.6) is 0 Å². The number of hydrogen-bond donors (Lipinski definition) is 2. The largest absolute Gasteiger partial charge is 0.396 e. The second-order valence-corrected chi connectivity index (χ2v) is 14.0. The maximum atomic E-state index is 11.9. The Morgan fingerprint density at radius 3 is 1.97 bits per heavy atom. The Morgan fingerprint density at radius 2 is 1.44 bits per heavy atom. The van der Waals surface area contributed by atoms with Gasteiger partial charge in [0.2, 0.25) is 0 Å². The van der Waals surface area contributed by atoms with Gasteiger partial charge in [-0.25, -0.2) is 0 Å². The molecule has 32 heavy (non-hydrogen) atoms. The second-order valence-electron chi connectivity index (χ2n) is 14.0. The Labute approximate surface area is 198 Å². The van der Waals surface area contributed by atoms with Crippen molar-refractivity contribution in [2.75, 3.05) is 6.61 Å². The van der Waals surface area contributed by atoms with Gasteiger partial charge in [-0.1, -0.05) is 48.1 Å². The van der Waals surface area contributed by atoms with E-state index in [1.54, 1.807) is 0 Å². The molecule has 4 fully saturated rings. The van der Waals surface area contributed by atoms with Gasteiger partial charge >= 0.3 is 0 Å². The summed E-state index contributed by atoms with van der Waals surface area (Å²) >= 11 is 0.